The molecule has 0 saturated carbocycles. The van der Waals surface area contributed by atoms with Crippen LogP contribution in [0.25, 0.3) is 0 Å². The monoisotopic (exact) mass is 406 g/mol. The van der Waals surface area contributed by atoms with Gasteiger partial charge in [0.05, 0.1) is 18.8 Å². The van der Waals surface area contributed by atoms with Gasteiger partial charge < -0.3 is 20.1 Å². The Morgan fingerprint density at radius 2 is 1.43 bits per heavy atom. The molecule has 2 aromatic rings. The Morgan fingerprint density at radius 1 is 0.867 bits per heavy atom. The van der Waals surface area contributed by atoms with Gasteiger partial charge >= 0.3 is 11.9 Å². The van der Waals surface area contributed by atoms with E-state index in [1.54, 1.807) is 19.9 Å². The molecule has 1 atom stereocenters. The van der Waals surface area contributed by atoms with Crippen molar-refractivity contribution in [3.05, 3.63) is 83.7 Å². The van der Waals surface area contributed by atoms with Crippen LogP contribution in [0.4, 0.5) is 11.4 Å². The van der Waals surface area contributed by atoms with Crippen LogP contribution in [-0.2, 0) is 19.1 Å². The van der Waals surface area contributed by atoms with Gasteiger partial charge in [-0.1, -0.05) is 36.4 Å². The van der Waals surface area contributed by atoms with Gasteiger partial charge in [-0.2, -0.15) is 0 Å². The molecule has 0 spiro atoms. The van der Waals surface area contributed by atoms with E-state index in [-0.39, 0.29) is 25.6 Å². The van der Waals surface area contributed by atoms with Gasteiger partial charge in [0.25, 0.3) is 0 Å². The van der Waals surface area contributed by atoms with Gasteiger partial charge in [-0.25, -0.2) is 4.79 Å². The van der Waals surface area contributed by atoms with Gasteiger partial charge in [0.2, 0.25) is 0 Å². The van der Waals surface area contributed by atoms with Gasteiger partial charge in [0.1, 0.15) is 5.92 Å². The Balaban J connectivity index is 2.01. The Morgan fingerprint density at radius 3 is 2.00 bits per heavy atom. The largest absolute Gasteiger partial charge is 0.465 e. The van der Waals surface area contributed by atoms with E-state index in [0.29, 0.717) is 17.0 Å². The summed E-state index contributed by atoms with van der Waals surface area (Å²) < 4.78 is 10.6. The molecule has 30 heavy (non-hydrogen) atoms. The minimum absolute atomic E-state index is 0.261. The van der Waals surface area contributed by atoms with E-state index in [9.17, 15) is 9.59 Å². The molecule has 0 aliphatic heterocycles. The molecule has 0 bridgehead atoms. The predicted octanol–water partition coefficient (Wildman–Crippen LogP) is 4.49. The van der Waals surface area contributed by atoms with Crippen LogP contribution in [-0.4, -0.2) is 25.2 Å². The lowest BCUT2D eigenvalue weighted by atomic mass is 9.89. The Kier molecular flexibility index (Phi) is 7.27. The Labute approximate surface area is 176 Å². The first-order valence-electron chi connectivity index (χ1n) is 10.0. The lowest BCUT2D eigenvalue weighted by molar-refractivity contribution is -0.147. The van der Waals surface area contributed by atoms with E-state index >= 15 is 0 Å². The number of para-hydroxylation sites is 2. The summed E-state index contributed by atoms with van der Waals surface area (Å²) in [6.45, 7) is 4.08. The molecule has 1 aliphatic carbocycles. The highest BCUT2D eigenvalue weighted by Crippen LogP contribution is 2.32. The molecule has 1 aliphatic rings. The maximum absolute atomic E-state index is 12.7. The van der Waals surface area contributed by atoms with E-state index in [0.717, 1.165) is 11.4 Å². The van der Waals surface area contributed by atoms with Crippen LogP contribution in [0.2, 0.25) is 0 Å². The van der Waals surface area contributed by atoms with Crippen LogP contribution < -0.4 is 10.6 Å². The topological polar surface area (TPSA) is 76.7 Å². The molecule has 0 fully saturated rings. The summed E-state index contributed by atoms with van der Waals surface area (Å²) in [7, 11) is 0. The van der Waals surface area contributed by atoms with Crippen LogP contribution in [0.1, 0.15) is 20.3 Å². The fraction of sp³-hybridized carbons (Fsp3) is 0.250. The van der Waals surface area contributed by atoms with Crippen molar-refractivity contribution in [3.8, 4) is 0 Å². The number of carbonyl (C=O) groups excluding carboxylic acids is 2. The molecule has 2 aromatic carbocycles. The number of nitrogens with one attached hydrogen (secondary N) is 2. The zero-order valence-electron chi connectivity index (χ0n) is 17.2. The molecular formula is C24H26N2O4. The first-order valence-corrected chi connectivity index (χ1v) is 10.0. The second kappa shape index (κ2) is 10.3. The van der Waals surface area contributed by atoms with Crippen molar-refractivity contribution < 1.29 is 19.1 Å². The molecule has 3 rings (SSSR count). The molecule has 2 N–H and O–H groups in total. The number of anilines is 2. The summed E-state index contributed by atoms with van der Waals surface area (Å²) in [4.78, 5) is 25.4. The molecule has 0 radical (unpaired) electrons. The standard InChI is InChI=1S/C24H26N2O4/c1-3-29-23(27)19-15-22(26-18-13-9-6-10-14-18)20(24(28)30-4-2)16-21(19)25-17-11-7-5-8-12-17/h5-15,20,25-26H,3-4,16H2,1-2H3. The number of rotatable bonds is 8. The predicted molar refractivity (Wildman–Crippen MR) is 117 cm³/mol. The highest BCUT2D eigenvalue weighted by Gasteiger charge is 2.33. The second-order valence-electron chi connectivity index (χ2n) is 6.70. The minimum atomic E-state index is -0.574. The van der Waals surface area contributed by atoms with Crippen molar-refractivity contribution >= 4 is 23.3 Å². The fourth-order valence-corrected chi connectivity index (χ4v) is 3.24. The molecule has 1 unspecified atom stereocenters. The van der Waals surface area contributed by atoms with E-state index < -0.39 is 11.9 Å². The van der Waals surface area contributed by atoms with Gasteiger partial charge in [-0.15, -0.1) is 0 Å². The minimum Gasteiger partial charge on any atom is -0.465 e. The number of hydrogen-bond acceptors (Lipinski definition) is 6. The Hall–Kier alpha value is -3.54. The molecule has 0 aromatic heterocycles. The van der Waals surface area contributed by atoms with Crippen molar-refractivity contribution in [1.29, 1.82) is 0 Å². The van der Waals surface area contributed by atoms with Crippen molar-refractivity contribution in [3.63, 3.8) is 0 Å². The summed E-state index contributed by atoms with van der Waals surface area (Å²) in [5.41, 5.74) is 3.25. The van der Waals surface area contributed by atoms with Crippen molar-refractivity contribution in [2.75, 3.05) is 23.8 Å². The zero-order valence-corrected chi connectivity index (χ0v) is 17.2. The summed E-state index contributed by atoms with van der Waals surface area (Å²) in [6, 6.07) is 19.0. The van der Waals surface area contributed by atoms with Crippen LogP contribution in [0, 0.1) is 5.92 Å². The van der Waals surface area contributed by atoms with Gasteiger partial charge in [-0.3, -0.25) is 4.79 Å². The lowest BCUT2D eigenvalue weighted by Crippen LogP contribution is -2.30. The lowest BCUT2D eigenvalue weighted by Gasteiger charge is -2.28. The highest BCUT2D eigenvalue weighted by molar-refractivity contribution is 5.95. The number of allylic oxidation sites excluding steroid dienone is 1. The first-order chi connectivity index (χ1) is 14.6. The van der Waals surface area contributed by atoms with Crippen LogP contribution in [0.3, 0.4) is 0 Å². The number of carbonyl (C=O) groups is 2. The third-order valence-electron chi connectivity index (χ3n) is 4.61. The van der Waals surface area contributed by atoms with E-state index in [1.165, 1.54) is 0 Å². The van der Waals surface area contributed by atoms with E-state index in [4.69, 9.17) is 9.47 Å². The normalized spacial score (nSPS) is 15.8. The van der Waals surface area contributed by atoms with Crippen LogP contribution in [0.5, 0.6) is 0 Å². The fourth-order valence-electron chi connectivity index (χ4n) is 3.24. The SMILES string of the molecule is CCOC(=O)C1=C(Nc2ccccc2)CC(C(=O)OCC)C(Nc2ccccc2)=C1. The Bertz CT molecular complexity index is 936. The third-order valence-corrected chi connectivity index (χ3v) is 4.61. The molecule has 0 amide bonds. The molecular weight excluding hydrogens is 380 g/mol. The molecule has 0 heterocycles. The smallest absolute Gasteiger partial charge is 0.339 e. The van der Waals surface area contributed by atoms with Crippen molar-refractivity contribution in [2.24, 2.45) is 5.92 Å². The third kappa shape index (κ3) is 5.29. The summed E-state index contributed by atoms with van der Waals surface area (Å²) >= 11 is 0. The molecule has 6 nitrogen and oxygen atoms in total. The average Bonchev–Trinajstić information content (AvgIpc) is 2.76. The van der Waals surface area contributed by atoms with Crippen molar-refractivity contribution in [1.82, 2.24) is 0 Å². The van der Waals surface area contributed by atoms with Gasteiger partial charge in [0.15, 0.2) is 0 Å². The van der Waals surface area contributed by atoms with Crippen molar-refractivity contribution in [2.45, 2.75) is 20.3 Å². The van der Waals surface area contributed by atoms with Gasteiger partial charge in [0, 0.05) is 29.2 Å². The number of ether oxygens (including phenoxy) is 2. The maximum atomic E-state index is 12.7. The summed E-state index contributed by atoms with van der Waals surface area (Å²) in [5, 5.41) is 6.55. The highest BCUT2D eigenvalue weighted by atomic mass is 16.5. The number of benzene rings is 2. The first kappa shape index (κ1) is 21.2. The average molecular weight is 406 g/mol. The molecule has 6 heteroatoms. The maximum Gasteiger partial charge on any atom is 0.339 e. The molecule has 0 saturated heterocycles. The zero-order chi connectivity index (χ0) is 21.3. The quantitative estimate of drug-likeness (QED) is 0.629. The summed E-state index contributed by atoms with van der Waals surface area (Å²) in [5.74, 6) is -1.36. The number of esters is 2. The van der Waals surface area contributed by atoms with E-state index in [1.807, 2.05) is 60.7 Å². The van der Waals surface area contributed by atoms with Gasteiger partial charge in [-0.05, 0) is 44.2 Å². The van der Waals surface area contributed by atoms with Crippen LogP contribution >= 0.6 is 0 Å². The van der Waals surface area contributed by atoms with E-state index in [2.05, 4.69) is 10.6 Å². The summed E-state index contributed by atoms with van der Waals surface area (Å²) in [6.07, 6.45) is 1.97. The van der Waals surface area contributed by atoms with Crippen LogP contribution in [0.15, 0.2) is 83.7 Å². The second-order valence-corrected chi connectivity index (χ2v) is 6.70. The number of hydrogen-bond donors (Lipinski definition) is 2. The molecule has 156 valence electrons.